The van der Waals surface area contributed by atoms with E-state index in [2.05, 4.69) is 25.5 Å². The van der Waals surface area contributed by atoms with Crippen LogP contribution in [0.5, 0.6) is 0 Å². The Morgan fingerprint density at radius 2 is 2.15 bits per heavy atom. The highest BCUT2D eigenvalue weighted by Crippen LogP contribution is 2.28. The summed E-state index contributed by atoms with van der Waals surface area (Å²) in [5.41, 5.74) is 2.56. The number of benzene rings is 1. The Balaban J connectivity index is 2.28. The Labute approximate surface area is 115 Å². The minimum atomic E-state index is -0.306. The molecule has 6 heteroatoms. The van der Waals surface area contributed by atoms with Gasteiger partial charge in [0, 0.05) is 12.1 Å². The van der Waals surface area contributed by atoms with Crippen LogP contribution in [0, 0.1) is 12.7 Å². The van der Waals surface area contributed by atoms with Crippen LogP contribution in [-0.4, -0.2) is 26.7 Å². The van der Waals surface area contributed by atoms with Gasteiger partial charge in [0.2, 0.25) is 5.95 Å². The smallest absolute Gasteiger partial charge is 0.225 e. The number of fused-ring (bicyclic) bond motifs is 1. The third kappa shape index (κ3) is 2.09. The van der Waals surface area contributed by atoms with Gasteiger partial charge >= 0.3 is 0 Å². The van der Waals surface area contributed by atoms with Crippen LogP contribution in [0.25, 0.3) is 22.3 Å². The highest BCUT2D eigenvalue weighted by atomic mass is 19.1. The SMILES string of the molecule is CCNc1nc(-c2cc(C)ccc2F)c2cn[nH]c2n1. The fourth-order valence-corrected chi connectivity index (χ4v) is 2.10. The van der Waals surface area contributed by atoms with Crippen molar-refractivity contribution in [2.45, 2.75) is 13.8 Å². The van der Waals surface area contributed by atoms with E-state index < -0.39 is 0 Å². The highest BCUT2D eigenvalue weighted by Gasteiger charge is 2.14. The lowest BCUT2D eigenvalue weighted by Gasteiger charge is -2.08. The highest BCUT2D eigenvalue weighted by molar-refractivity contribution is 5.90. The van der Waals surface area contributed by atoms with Gasteiger partial charge in [-0.05, 0) is 26.0 Å². The first kappa shape index (κ1) is 12.5. The lowest BCUT2D eigenvalue weighted by molar-refractivity contribution is 0.630. The maximum absolute atomic E-state index is 14.1. The van der Waals surface area contributed by atoms with Crippen molar-refractivity contribution in [3.05, 3.63) is 35.8 Å². The van der Waals surface area contributed by atoms with Gasteiger partial charge in [-0.3, -0.25) is 5.10 Å². The minimum Gasteiger partial charge on any atom is -0.354 e. The lowest BCUT2D eigenvalue weighted by Crippen LogP contribution is -2.03. The van der Waals surface area contributed by atoms with Crippen molar-refractivity contribution in [1.29, 1.82) is 0 Å². The molecule has 20 heavy (non-hydrogen) atoms. The first-order chi connectivity index (χ1) is 9.69. The molecule has 0 bridgehead atoms. The van der Waals surface area contributed by atoms with E-state index in [-0.39, 0.29) is 5.82 Å². The number of aromatic nitrogens is 4. The molecule has 0 amide bonds. The largest absolute Gasteiger partial charge is 0.354 e. The molecule has 0 spiro atoms. The van der Waals surface area contributed by atoms with Crippen LogP contribution in [0.1, 0.15) is 12.5 Å². The molecule has 3 rings (SSSR count). The van der Waals surface area contributed by atoms with Crippen LogP contribution in [0.15, 0.2) is 24.4 Å². The van der Waals surface area contributed by atoms with E-state index in [9.17, 15) is 4.39 Å². The van der Waals surface area contributed by atoms with Gasteiger partial charge in [0.15, 0.2) is 5.65 Å². The van der Waals surface area contributed by atoms with Crippen LogP contribution < -0.4 is 5.32 Å². The van der Waals surface area contributed by atoms with Gasteiger partial charge in [0.25, 0.3) is 0 Å². The van der Waals surface area contributed by atoms with Crippen molar-refractivity contribution >= 4 is 17.0 Å². The topological polar surface area (TPSA) is 66.5 Å². The fourth-order valence-electron chi connectivity index (χ4n) is 2.10. The van der Waals surface area contributed by atoms with Gasteiger partial charge in [-0.15, -0.1) is 0 Å². The van der Waals surface area contributed by atoms with Gasteiger partial charge in [-0.25, -0.2) is 9.37 Å². The van der Waals surface area contributed by atoms with E-state index in [0.29, 0.717) is 34.8 Å². The number of hydrogen-bond acceptors (Lipinski definition) is 4. The number of nitrogens with zero attached hydrogens (tertiary/aromatic N) is 3. The van der Waals surface area contributed by atoms with E-state index >= 15 is 0 Å². The monoisotopic (exact) mass is 271 g/mol. The summed E-state index contributed by atoms with van der Waals surface area (Å²) in [6, 6.07) is 4.96. The first-order valence-corrected chi connectivity index (χ1v) is 6.40. The first-order valence-electron chi connectivity index (χ1n) is 6.40. The second-order valence-electron chi connectivity index (χ2n) is 4.54. The van der Waals surface area contributed by atoms with Crippen molar-refractivity contribution < 1.29 is 4.39 Å². The number of rotatable bonds is 3. The van der Waals surface area contributed by atoms with Crippen LogP contribution in [0.2, 0.25) is 0 Å². The van der Waals surface area contributed by atoms with Crippen LogP contribution >= 0.6 is 0 Å². The van der Waals surface area contributed by atoms with Gasteiger partial charge in [-0.1, -0.05) is 11.6 Å². The summed E-state index contributed by atoms with van der Waals surface area (Å²) in [6.07, 6.45) is 1.61. The minimum absolute atomic E-state index is 0.306. The average Bonchev–Trinajstić information content (AvgIpc) is 2.89. The molecular weight excluding hydrogens is 257 g/mol. The molecule has 2 aromatic heterocycles. The molecule has 0 atom stereocenters. The summed E-state index contributed by atoms with van der Waals surface area (Å²) >= 11 is 0. The molecule has 0 aliphatic rings. The molecule has 102 valence electrons. The molecule has 2 N–H and O–H groups in total. The summed E-state index contributed by atoms with van der Waals surface area (Å²) in [4.78, 5) is 8.71. The number of H-pyrrole nitrogens is 1. The van der Waals surface area contributed by atoms with Gasteiger partial charge < -0.3 is 5.32 Å². The number of hydrogen-bond donors (Lipinski definition) is 2. The molecule has 0 radical (unpaired) electrons. The average molecular weight is 271 g/mol. The lowest BCUT2D eigenvalue weighted by atomic mass is 10.1. The predicted molar refractivity (Wildman–Crippen MR) is 76.0 cm³/mol. The summed E-state index contributed by atoms with van der Waals surface area (Å²) in [6.45, 7) is 4.56. The molecule has 0 saturated carbocycles. The van der Waals surface area contributed by atoms with E-state index in [1.807, 2.05) is 13.8 Å². The molecule has 1 aromatic carbocycles. The second kappa shape index (κ2) is 4.88. The van der Waals surface area contributed by atoms with Crippen LogP contribution in [-0.2, 0) is 0 Å². The summed E-state index contributed by atoms with van der Waals surface area (Å²) < 4.78 is 14.1. The van der Waals surface area contributed by atoms with Crippen LogP contribution in [0.4, 0.5) is 10.3 Å². The number of aryl methyl sites for hydroxylation is 1. The Bertz CT molecular complexity index is 765. The third-order valence-corrected chi connectivity index (χ3v) is 3.02. The summed E-state index contributed by atoms with van der Waals surface area (Å²) in [5.74, 6) is 0.152. The molecule has 0 aliphatic heterocycles. The zero-order valence-corrected chi connectivity index (χ0v) is 11.2. The molecule has 2 heterocycles. The van der Waals surface area contributed by atoms with E-state index in [4.69, 9.17) is 0 Å². The zero-order valence-electron chi connectivity index (χ0n) is 11.2. The fraction of sp³-hybridized carbons (Fsp3) is 0.214. The quantitative estimate of drug-likeness (QED) is 0.768. The number of halogens is 1. The molecular formula is C14H14FN5. The van der Waals surface area contributed by atoms with Crippen molar-refractivity contribution in [2.24, 2.45) is 0 Å². The molecule has 3 aromatic rings. The molecule has 5 nitrogen and oxygen atoms in total. The number of anilines is 1. The van der Waals surface area contributed by atoms with E-state index in [1.54, 1.807) is 18.3 Å². The molecule has 0 unspecified atom stereocenters. The van der Waals surface area contributed by atoms with Gasteiger partial charge in [-0.2, -0.15) is 10.1 Å². The van der Waals surface area contributed by atoms with E-state index in [0.717, 1.165) is 5.56 Å². The maximum atomic E-state index is 14.1. The number of nitrogens with one attached hydrogen (secondary N) is 2. The third-order valence-electron chi connectivity index (χ3n) is 3.02. The number of aromatic amines is 1. The van der Waals surface area contributed by atoms with Gasteiger partial charge in [0.1, 0.15) is 5.82 Å². The predicted octanol–water partition coefficient (Wildman–Crippen LogP) is 2.90. The molecule has 0 aliphatic carbocycles. The summed E-state index contributed by atoms with van der Waals surface area (Å²) in [7, 11) is 0. The van der Waals surface area contributed by atoms with Crippen LogP contribution in [0.3, 0.4) is 0 Å². The maximum Gasteiger partial charge on any atom is 0.225 e. The van der Waals surface area contributed by atoms with Crippen molar-refractivity contribution in [1.82, 2.24) is 20.2 Å². The van der Waals surface area contributed by atoms with Crippen molar-refractivity contribution in [2.75, 3.05) is 11.9 Å². The Kier molecular flexibility index (Phi) is 3.06. The zero-order chi connectivity index (χ0) is 14.1. The Morgan fingerprint density at radius 3 is 2.95 bits per heavy atom. The molecule has 0 saturated heterocycles. The second-order valence-corrected chi connectivity index (χ2v) is 4.54. The molecule has 0 fully saturated rings. The standard InChI is InChI=1S/C14H14FN5/c1-3-16-14-18-12(10-7-17-20-13(10)19-14)9-6-8(2)4-5-11(9)15/h4-7H,3H2,1-2H3,(H2,16,17,18,19,20). The van der Waals surface area contributed by atoms with Crippen molar-refractivity contribution in [3.8, 4) is 11.3 Å². The summed E-state index contributed by atoms with van der Waals surface area (Å²) in [5, 5.41) is 10.5. The Morgan fingerprint density at radius 1 is 1.30 bits per heavy atom. The van der Waals surface area contributed by atoms with Gasteiger partial charge in [0.05, 0.1) is 17.3 Å². The normalized spacial score (nSPS) is 10.9. The van der Waals surface area contributed by atoms with E-state index in [1.165, 1.54) is 6.07 Å². The Hall–Kier alpha value is -2.50. The van der Waals surface area contributed by atoms with Crippen molar-refractivity contribution in [3.63, 3.8) is 0 Å².